The van der Waals surface area contributed by atoms with E-state index >= 15 is 0 Å². The van der Waals surface area contributed by atoms with Gasteiger partial charge in [-0.3, -0.25) is 14.5 Å². The van der Waals surface area contributed by atoms with E-state index in [4.69, 9.17) is 0 Å². The monoisotopic (exact) mass is 422 g/mol. The number of amides is 1. The number of carbonyl (C=O) groups is 1. The van der Waals surface area contributed by atoms with Crippen LogP contribution in [0.25, 0.3) is 5.69 Å². The van der Waals surface area contributed by atoms with Crippen LogP contribution in [-0.4, -0.2) is 78.6 Å². The lowest BCUT2D eigenvalue weighted by Crippen LogP contribution is -2.50. The van der Waals surface area contributed by atoms with Crippen molar-refractivity contribution >= 4 is 15.7 Å². The average molecular weight is 422 g/mol. The van der Waals surface area contributed by atoms with E-state index in [1.807, 2.05) is 4.90 Å². The quantitative estimate of drug-likeness (QED) is 0.696. The Morgan fingerprint density at radius 1 is 1.17 bits per heavy atom. The van der Waals surface area contributed by atoms with Crippen LogP contribution in [0.2, 0.25) is 0 Å². The maximum atomic E-state index is 14.2. The zero-order valence-electron chi connectivity index (χ0n) is 16.3. The number of benzene rings is 1. The molecule has 8 nitrogen and oxygen atoms in total. The van der Waals surface area contributed by atoms with Crippen LogP contribution in [0.15, 0.2) is 35.1 Å². The maximum Gasteiger partial charge on any atom is 0.278 e. The first-order valence-corrected chi connectivity index (χ1v) is 11.3. The molecule has 0 radical (unpaired) electrons. The molecule has 1 aromatic carbocycles. The number of halogens is 1. The minimum absolute atomic E-state index is 0.0633. The second-order valence-corrected chi connectivity index (χ2v) is 9.39. The number of sulfone groups is 1. The number of piperazine rings is 1. The summed E-state index contributed by atoms with van der Waals surface area (Å²) in [4.78, 5) is 28.7. The second kappa shape index (κ2) is 8.42. The van der Waals surface area contributed by atoms with Gasteiger partial charge in [-0.05, 0) is 19.1 Å². The summed E-state index contributed by atoms with van der Waals surface area (Å²) in [5.41, 5.74) is -0.199. The number of hydrogen-bond donors (Lipinski definition) is 0. The van der Waals surface area contributed by atoms with Crippen LogP contribution in [0.5, 0.6) is 0 Å². The van der Waals surface area contributed by atoms with Crippen molar-refractivity contribution < 1.29 is 17.6 Å². The van der Waals surface area contributed by atoms with E-state index in [2.05, 4.69) is 5.10 Å². The lowest BCUT2D eigenvalue weighted by atomic mass is 10.2. The largest absolute Gasteiger partial charge is 0.335 e. The molecule has 2 aromatic rings. The van der Waals surface area contributed by atoms with E-state index in [1.54, 1.807) is 19.1 Å². The Hall–Kier alpha value is -2.59. The van der Waals surface area contributed by atoms with E-state index in [1.165, 1.54) is 34.0 Å². The lowest BCUT2D eigenvalue weighted by Gasteiger charge is -2.34. The van der Waals surface area contributed by atoms with Crippen LogP contribution in [0.4, 0.5) is 4.39 Å². The average Bonchev–Trinajstić information content (AvgIpc) is 2.67. The number of rotatable bonds is 5. The Morgan fingerprint density at radius 3 is 2.45 bits per heavy atom. The fourth-order valence-electron chi connectivity index (χ4n) is 3.18. The van der Waals surface area contributed by atoms with E-state index in [0.29, 0.717) is 38.4 Å². The van der Waals surface area contributed by atoms with Gasteiger partial charge in [0.1, 0.15) is 21.3 Å². The molecular formula is C19H23FN4O4S. The predicted molar refractivity (Wildman–Crippen MR) is 107 cm³/mol. The zero-order chi connectivity index (χ0) is 21.2. The summed E-state index contributed by atoms with van der Waals surface area (Å²) >= 11 is 0. The van der Waals surface area contributed by atoms with Gasteiger partial charge in [0.15, 0.2) is 5.69 Å². The molecule has 10 heteroatoms. The molecule has 0 saturated carbocycles. The van der Waals surface area contributed by atoms with Gasteiger partial charge in [-0.25, -0.2) is 17.5 Å². The molecule has 156 valence electrons. The van der Waals surface area contributed by atoms with Gasteiger partial charge in [0.2, 0.25) is 5.43 Å². The van der Waals surface area contributed by atoms with Gasteiger partial charge in [0.05, 0.1) is 5.75 Å². The van der Waals surface area contributed by atoms with Gasteiger partial charge < -0.3 is 4.90 Å². The summed E-state index contributed by atoms with van der Waals surface area (Å²) < 4.78 is 38.0. The standard InChI is InChI=1S/C19H23FN4O4S/c1-14-13-17(25)18(21-24(14)16-6-4-3-5-15(16)20)19(26)23-9-7-22(8-10-23)11-12-29(2,27)28/h3-6,13H,7-12H2,1-2H3. The molecule has 0 unspecified atom stereocenters. The highest BCUT2D eigenvalue weighted by Crippen LogP contribution is 2.14. The Morgan fingerprint density at radius 2 is 1.83 bits per heavy atom. The van der Waals surface area contributed by atoms with Gasteiger partial charge in [0, 0.05) is 50.7 Å². The summed E-state index contributed by atoms with van der Waals surface area (Å²) in [6, 6.07) is 7.27. The van der Waals surface area contributed by atoms with Crippen LogP contribution in [0.3, 0.4) is 0 Å². The van der Waals surface area contributed by atoms with Crippen molar-refractivity contribution in [1.29, 1.82) is 0 Å². The van der Waals surface area contributed by atoms with E-state index in [0.717, 1.165) is 0 Å². The molecule has 0 bridgehead atoms. The molecule has 0 atom stereocenters. The third-order valence-electron chi connectivity index (χ3n) is 4.83. The number of para-hydroxylation sites is 1. The van der Waals surface area contributed by atoms with Gasteiger partial charge >= 0.3 is 0 Å². The maximum absolute atomic E-state index is 14.2. The third kappa shape index (κ3) is 5.07. The molecule has 0 spiro atoms. The highest BCUT2D eigenvalue weighted by molar-refractivity contribution is 7.90. The predicted octanol–water partition coefficient (Wildman–Crippen LogP) is 0.482. The van der Waals surface area contributed by atoms with E-state index in [9.17, 15) is 22.4 Å². The molecule has 1 aliphatic heterocycles. The first-order valence-electron chi connectivity index (χ1n) is 9.21. The molecule has 1 fully saturated rings. The van der Waals surface area contributed by atoms with Crippen molar-refractivity contribution in [3.05, 3.63) is 57.8 Å². The van der Waals surface area contributed by atoms with Crippen LogP contribution >= 0.6 is 0 Å². The van der Waals surface area contributed by atoms with Crippen LogP contribution in [-0.2, 0) is 9.84 Å². The summed E-state index contributed by atoms with van der Waals surface area (Å²) in [5.74, 6) is -0.958. The Bertz CT molecular complexity index is 1080. The molecule has 1 saturated heterocycles. The number of carbonyl (C=O) groups excluding carboxylic acids is 1. The van der Waals surface area contributed by atoms with Gasteiger partial charge in [-0.15, -0.1) is 0 Å². The Balaban J connectivity index is 1.78. The first kappa shape index (κ1) is 21.1. The molecule has 0 N–H and O–H groups in total. The highest BCUT2D eigenvalue weighted by atomic mass is 32.2. The third-order valence-corrected chi connectivity index (χ3v) is 5.75. The van der Waals surface area contributed by atoms with E-state index in [-0.39, 0.29) is 17.1 Å². The number of nitrogens with zero attached hydrogens (tertiary/aromatic N) is 4. The lowest BCUT2D eigenvalue weighted by molar-refractivity contribution is 0.0634. The van der Waals surface area contributed by atoms with Crippen LogP contribution in [0.1, 0.15) is 16.2 Å². The minimum Gasteiger partial charge on any atom is -0.335 e. The summed E-state index contributed by atoms with van der Waals surface area (Å²) in [6.45, 7) is 3.76. The van der Waals surface area contributed by atoms with Crippen molar-refractivity contribution in [2.75, 3.05) is 44.7 Å². The smallest absolute Gasteiger partial charge is 0.278 e. The molecule has 29 heavy (non-hydrogen) atoms. The number of aromatic nitrogens is 2. The van der Waals surface area contributed by atoms with Gasteiger partial charge in [-0.2, -0.15) is 5.10 Å². The molecule has 1 aliphatic rings. The summed E-state index contributed by atoms with van der Waals surface area (Å²) in [5, 5.41) is 4.15. The summed E-state index contributed by atoms with van der Waals surface area (Å²) in [6.07, 6.45) is 1.19. The zero-order valence-corrected chi connectivity index (χ0v) is 17.2. The topological polar surface area (TPSA) is 92.6 Å². The fraction of sp³-hybridized carbons (Fsp3) is 0.421. The van der Waals surface area contributed by atoms with E-state index < -0.39 is 27.0 Å². The Labute approximate surface area is 168 Å². The second-order valence-electron chi connectivity index (χ2n) is 7.13. The normalized spacial score (nSPS) is 15.5. The van der Waals surface area contributed by atoms with Gasteiger partial charge in [-0.1, -0.05) is 12.1 Å². The molecule has 0 aliphatic carbocycles. The number of hydrogen-bond acceptors (Lipinski definition) is 6. The molecule has 1 aromatic heterocycles. The molecular weight excluding hydrogens is 399 g/mol. The van der Waals surface area contributed by atoms with Crippen molar-refractivity contribution in [3.63, 3.8) is 0 Å². The van der Waals surface area contributed by atoms with Gasteiger partial charge in [0.25, 0.3) is 5.91 Å². The van der Waals surface area contributed by atoms with Crippen molar-refractivity contribution in [2.24, 2.45) is 0 Å². The van der Waals surface area contributed by atoms with Crippen LogP contribution in [0, 0.1) is 12.7 Å². The fourth-order valence-corrected chi connectivity index (χ4v) is 3.77. The SMILES string of the molecule is Cc1cc(=O)c(C(=O)N2CCN(CCS(C)(=O)=O)CC2)nn1-c1ccccc1F. The molecule has 3 rings (SSSR count). The van der Waals surface area contributed by atoms with Crippen LogP contribution < -0.4 is 5.43 Å². The number of aryl methyl sites for hydroxylation is 1. The Kier molecular flexibility index (Phi) is 6.13. The first-order chi connectivity index (χ1) is 13.7. The van der Waals surface area contributed by atoms with Crippen molar-refractivity contribution in [2.45, 2.75) is 6.92 Å². The van der Waals surface area contributed by atoms with Crippen molar-refractivity contribution in [1.82, 2.24) is 19.6 Å². The molecule has 1 amide bonds. The van der Waals surface area contributed by atoms with Crippen molar-refractivity contribution in [3.8, 4) is 5.69 Å². The minimum atomic E-state index is -3.05. The molecule has 2 heterocycles. The summed E-state index contributed by atoms with van der Waals surface area (Å²) in [7, 11) is -3.05. The highest BCUT2D eigenvalue weighted by Gasteiger charge is 2.26.